The number of aromatic nitrogens is 4. The molecule has 1 aliphatic heterocycles. The van der Waals surface area contributed by atoms with Crippen LogP contribution in [-0.2, 0) is 14.4 Å². The van der Waals surface area contributed by atoms with E-state index in [1.807, 2.05) is 0 Å². The van der Waals surface area contributed by atoms with Crippen molar-refractivity contribution >= 4 is 22.9 Å². The Hall–Kier alpha value is -2.82. The quantitative estimate of drug-likeness (QED) is 0.288. The predicted molar refractivity (Wildman–Crippen MR) is 111 cm³/mol. The fourth-order valence-corrected chi connectivity index (χ4v) is 4.09. The molecule has 1 saturated heterocycles. The summed E-state index contributed by atoms with van der Waals surface area (Å²) >= 11 is 0. The van der Waals surface area contributed by atoms with E-state index in [2.05, 4.69) is 32.3 Å². The van der Waals surface area contributed by atoms with Gasteiger partial charge < -0.3 is 25.8 Å². The zero-order valence-electron chi connectivity index (χ0n) is 17.5. The van der Waals surface area contributed by atoms with Gasteiger partial charge >= 0.3 is 0 Å². The number of primary amides is 1. The zero-order valence-corrected chi connectivity index (χ0v) is 17.5. The number of amides is 1. The molecule has 2 aromatic heterocycles. The van der Waals surface area contributed by atoms with Gasteiger partial charge in [0.2, 0.25) is 11.7 Å². The molecule has 2 aliphatic rings. The number of fused-ring (bicyclic) bond motifs is 1. The molecule has 6 N–H and O–H groups in total. The Morgan fingerprint density at radius 1 is 1.31 bits per heavy atom. The minimum absolute atomic E-state index is 0.156. The molecule has 12 heteroatoms. The van der Waals surface area contributed by atoms with Crippen molar-refractivity contribution in [2.45, 2.75) is 62.7 Å². The van der Waals surface area contributed by atoms with Gasteiger partial charge in [-0.3, -0.25) is 14.2 Å². The molecule has 2 unspecified atom stereocenters. The number of imidazole rings is 1. The number of hydrogen-bond acceptors (Lipinski definition) is 10. The molecule has 0 bridgehead atoms. The molecule has 6 atom stereocenters. The number of nitrogens with zero attached hydrogens (tertiary/aromatic N) is 4. The maximum Gasteiger partial charge on any atom is 0.220 e. The Labute approximate surface area is 183 Å². The molecule has 4 rings (SSSR count). The number of anilines is 1. The van der Waals surface area contributed by atoms with E-state index in [4.69, 9.17) is 15.3 Å². The summed E-state index contributed by atoms with van der Waals surface area (Å²) in [5, 5.41) is 30.9. The van der Waals surface area contributed by atoms with Gasteiger partial charge in [-0.2, -0.15) is 4.98 Å². The van der Waals surface area contributed by atoms with E-state index in [0.29, 0.717) is 11.9 Å². The van der Waals surface area contributed by atoms with Gasteiger partial charge in [0, 0.05) is 5.92 Å². The molecule has 3 heterocycles. The van der Waals surface area contributed by atoms with Crippen molar-refractivity contribution < 1.29 is 29.7 Å². The molecule has 0 radical (unpaired) electrons. The second-order valence-electron chi connectivity index (χ2n) is 7.97. The van der Waals surface area contributed by atoms with Crippen LogP contribution in [0.5, 0.6) is 0 Å². The smallest absolute Gasteiger partial charge is 0.220 e. The van der Waals surface area contributed by atoms with Crippen molar-refractivity contribution in [3.63, 3.8) is 0 Å². The number of nitrogens with two attached hydrogens (primary N) is 1. The highest BCUT2D eigenvalue weighted by atomic mass is 16.6. The number of rotatable bonds is 5. The van der Waals surface area contributed by atoms with Crippen molar-refractivity contribution in [3.8, 4) is 11.8 Å². The molecule has 0 aromatic carbocycles. The van der Waals surface area contributed by atoms with Gasteiger partial charge in [-0.25, -0.2) is 15.4 Å². The van der Waals surface area contributed by atoms with E-state index in [1.54, 1.807) is 0 Å². The van der Waals surface area contributed by atoms with Gasteiger partial charge in [0.1, 0.15) is 12.2 Å². The molecule has 1 aliphatic carbocycles. The average Bonchev–Trinajstić information content (AvgIpc) is 3.29. The van der Waals surface area contributed by atoms with Crippen LogP contribution in [0.25, 0.3) is 11.2 Å². The molecule has 2 aromatic rings. The van der Waals surface area contributed by atoms with Crippen LogP contribution in [0.4, 0.5) is 5.82 Å². The summed E-state index contributed by atoms with van der Waals surface area (Å²) in [6.45, 7) is 0. The fraction of sp³-hybridized carbons (Fsp3) is 0.600. The van der Waals surface area contributed by atoms with Gasteiger partial charge in [-0.05, 0) is 18.8 Å². The van der Waals surface area contributed by atoms with E-state index in [1.165, 1.54) is 18.0 Å². The van der Waals surface area contributed by atoms with E-state index in [-0.39, 0.29) is 29.6 Å². The Balaban J connectivity index is 1.70. The van der Waals surface area contributed by atoms with Gasteiger partial charge in [0.25, 0.3) is 0 Å². The first-order valence-electron chi connectivity index (χ1n) is 10.4. The van der Waals surface area contributed by atoms with Gasteiger partial charge in [-0.1, -0.05) is 18.8 Å². The largest absolute Gasteiger partial charge is 0.392 e. The Morgan fingerprint density at radius 3 is 2.81 bits per heavy atom. The number of hydrogen-bond donors (Lipinski definition) is 5. The lowest BCUT2D eigenvalue weighted by molar-refractivity contribution is -0.122. The highest BCUT2D eigenvalue weighted by molar-refractivity contribution is 5.83. The SMILES string of the molecule is CONc1nc(C#CC2CCCCC2O)nc2c1ncn2[C@@H]1O[C@@H](CC(N)=O)[C@@H](O)[C@H]1O. The van der Waals surface area contributed by atoms with Gasteiger partial charge in [-0.15, -0.1) is 0 Å². The van der Waals surface area contributed by atoms with Crippen molar-refractivity contribution in [2.75, 3.05) is 12.6 Å². The van der Waals surface area contributed by atoms with Crippen molar-refractivity contribution in [1.29, 1.82) is 0 Å². The van der Waals surface area contributed by atoms with Crippen LogP contribution in [0.1, 0.15) is 44.2 Å². The minimum atomic E-state index is -1.34. The zero-order chi connectivity index (χ0) is 22.8. The van der Waals surface area contributed by atoms with Crippen molar-refractivity contribution in [1.82, 2.24) is 19.5 Å². The number of nitrogens with one attached hydrogen (secondary N) is 1. The second kappa shape index (κ2) is 9.35. The molecular weight excluding hydrogens is 420 g/mol. The van der Waals surface area contributed by atoms with Crippen LogP contribution in [0, 0.1) is 17.8 Å². The summed E-state index contributed by atoms with van der Waals surface area (Å²) in [6.07, 6.45) is -0.488. The normalized spacial score (nSPS) is 30.1. The summed E-state index contributed by atoms with van der Waals surface area (Å²) in [5.41, 5.74) is 8.46. The lowest BCUT2D eigenvalue weighted by Crippen LogP contribution is -2.33. The first kappa shape index (κ1) is 22.4. The topological polar surface area (TPSA) is 178 Å². The molecular formula is C20H26N6O6. The third kappa shape index (κ3) is 4.38. The number of ether oxygens (including phenoxy) is 1. The summed E-state index contributed by atoms with van der Waals surface area (Å²) in [7, 11) is 1.42. The molecule has 2 fully saturated rings. The maximum atomic E-state index is 11.3. The first-order valence-corrected chi connectivity index (χ1v) is 10.4. The summed E-state index contributed by atoms with van der Waals surface area (Å²) in [6, 6.07) is 0. The Bertz CT molecular complexity index is 1050. The molecule has 172 valence electrons. The Morgan fingerprint density at radius 2 is 2.09 bits per heavy atom. The summed E-state index contributed by atoms with van der Waals surface area (Å²) in [5.74, 6) is 5.57. The minimum Gasteiger partial charge on any atom is -0.392 e. The highest BCUT2D eigenvalue weighted by Gasteiger charge is 2.44. The van der Waals surface area contributed by atoms with E-state index >= 15 is 0 Å². The lowest BCUT2D eigenvalue weighted by atomic mass is 9.87. The number of carbonyl (C=O) groups excluding carboxylic acids is 1. The van der Waals surface area contributed by atoms with Crippen LogP contribution in [-0.4, -0.2) is 72.3 Å². The van der Waals surface area contributed by atoms with Gasteiger partial charge in [0.05, 0.1) is 32.1 Å². The van der Waals surface area contributed by atoms with E-state index < -0.39 is 36.6 Å². The average molecular weight is 446 g/mol. The molecule has 0 spiro atoms. The highest BCUT2D eigenvalue weighted by Crippen LogP contribution is 2.33. The summed E-state index contributed by atoms with van der Waals surface area (Å²) in [4.78, 5) is 29.3. The number of carbonyl (C=O) groups is 1. The third-order valence-electron chi connectivity index (χ3n) is 5.73. The van der Waals surface area contributed by atoms with Crippen molar-refractivity contribution in [3.05, 3.63) is 12.2 Å². The lowest BCUT2D eigenvalue weighted by Gasteiger charge is -2.22. The van der Waals surface area contributed by atoms with E-state index in [9.17, 15) is 20.1 Å². The van der Waals surface area contributed by atoms with Crippen molar-refractivity contribution in [2.24, 2.45) is 11.7 Å². The van der Waals surface area contributed by atoms with Crippen LogP contribution in [0.2, 0.25) is 0 Å². The number of aliphatic hydroxyl groups excluding tert-OH is 3. The monoisotopic (exact) mass is 446 g/mol. The molecule has 12 nitrogen and oxygen atoms in total. The Kier molecular flexibility index (Phi) is 6.54. The molecule has 1 amide bonds. The second-order valence-corrected chi connectivity index (χ2v) is 7.97. The first-order chi connectivity index (χ1) is 15.4. The van der Waals surface area contributed by atoms with Crippen LogP contribution in [0.3, 0.4) is 0 Å². The van der Waals surface area contributed by atoms with Crippen LogP contribution < -0.4 is 11.2 Å². The van der Waals surface area contributed by atoms with E-state index in [0.717, 1.165) is 19.3 Å². The maximum absolute atomic E-state index is 11.3. The van der Waals surface area contributed by atoms with Gasteiger partial charge in [0.15, 0.2) is 23.2 Å². The van der Waals surface area contributed by atoms with Crippen LogP contribution in [0.15, 0.2) is 6.33 Å². The third-order valence-corrected chi connectivity index (χ3v) is 5.73. The number of aliphatic hydroxyl groups is 3. The molecule has 32 heavy (non-hydrogen) atoms. The van der Waals surface area contributed by atoms with Crippen LogP contribution >= 0.6 is 0 Å². The summed E-state index contributed by atoms with van der Waals surface area (Å²) < 4.78 is 7.14. The molecule has 1 saturated carbocycles. The fourth-order valence-electron chi connectivity index (χ4n) is 4.09. The predicted octanol–water partition coefficient (Wildman–Crippen LogP) is -0.803. The standard InChI is InChI=1S/C20H26N6O6/c1-31-25-18-15-19(24-14(23-18)7-6-10-4-2-3-5-11(10)27)26(9-22-15)20-17(30)16(29)12(32-20)8-13(21)28/h9-12,16-17,20,27,29-30H,2-5,8H2,1H3,(H2,21,28)(H,23,24,25)/t10?,11?,12-,16+,17+,20+/m0/s1.